The third-order valence-corrected chi connectivity index (χ3v) is 3.03. The van der Waals surface area contributed by atoms with E-state index in [-0.39, 0.29) is 18.7 Å². The lowest BCUT2D eigenvalue weighted by molar-refractivity contribution is -0.138. The van der Waals surface area contributed by atoms with Crippen molar-refractivity contribution in [1.82, 2.24) is 4.98 Å². The van der Waals surface area contributed by atoms with E-state index in [1.165, 1.54) is 0 Å². The molecule has 0 spiro atoms. The van der Waals surface area contributed by atoms with Crippen molar-refractivity contribution in [2.45, 2.75) is 25.7 Å². The van der Waals surface area contributed by atoms with Crippen LogP contribution in [0.4, 0.5) is 11.5 Å². The highest BCUT2D eigenvalue weighted by Gasteiger charge is 2.17. The van der Waals surface area contributed by atoms with Crippen molar-refractivity contribution in [2.75, 3.05) is 23.3 Å². The van der Waals surface area contributed by atoms with Crippen molar-refractivity contribution in [3.63, 3.8) is 0 Å². The number of carboxylic acids is 1. The Balaban J connectivity index is 2.03. The average Bonchev–Trinajstić information content (AvgIpc) is 2.91. The maximum Gasteiger partial charge on any atom is 0.303 e. The Morgan fingerprint density at radius 1 is 1.32 bits per heavy atom. The number of nitrogens with zero attached hydrogens (tertiary/aromatic N) is 2. The molecule has 6 nitrogen and oxygen atoms in total. The van der Waals surface area contributed by atoms with Gasteiger partial charge in [-0.05, 0) is 25.0 Å². The van der Waals surface area contributed by atoms with E-state index in [2.05, 4.69) is 15.2 Å². The van der Waals surface area contributed by atoms with Gasteiger partial charge in [0.25, 0.3) is 0 Å². The van der Waals surface area contributed by atoms with E-state index in [0.29, 0.717) is 5.69 Å². The lowest BCUT2D eigenvalue weighted by atomic mass is 10.3. The fourth-order valence-electron chi connectivity index (χ4n) is 2.11. The summed E-state index contributed by atoms with van der Waals surface area (Å²) in [5.74, 6) is -0.499. The van der Waals surface area contributed by atoms with Gasteiger partial charge in [0.1, 0.15) is 0 Å². The minimum Gasteiger partial charge on any atom is -0.481 e. The summed E-state index contributed by atoms with van der Waals surface area (Å²) in [7, 11) is 0. The van der Waals surface area contributed by atoms with E-state index in [9.17, 15) is 9.59 Å². The summed E-state index contributed by atoms with van der Waals surface area (Å²) >= 11 is 0. The molecule has 0 saturated carbocycles. The van der Waals surface area contributed by atoms with E-state index >= 15 is 0 Å². The van der Waals surface area contributed by atoms with E-state index in [1.807, 2.05) is 0 Å². The molecule has 0 bridgehead atoms. The van der Waals surface area contributed by atoms with E-state index in [4.69, 9.17) is 5.11 Å². The molecule has 0 radical (unpaired) electrons. The van der Waals surface area contributed by atoms with Crippen LogP contribution in [-0.2, 0) is 9.59 Å². The number of nitrogens with one attached hydrogen (secondary N) is 1. The summed E-state index contributed by atoms with van der Waals surface area (Å²) in [6, 6.07) is 3.55. The normalized spacial score (nSPS) is 14.4. The maximum atomic E-state index is 11.7. The van der Waals surface area contributed by atoms with Crippen LogP contribution < -0.4 is 10.2 Å². The van der Waals surface area contributed by atoms with Crippen molar-refractivity contribution in [1.29, 1.82) is 0 Å². The predicted molar refractivity (Wildman–Crippen MR) is 71.2 cm³/mol. The number of rotatable bonds is 5. The number of anilines is 2. The fourth-order valence-corrected chi connectivity index (χ4v) is 2.11. The Bertz CT molecular complexity index is 470. The summed E-state index contributed by atoms with van der Waals surface area (Å²) in [4.78, 5) is 28.5. The zero-order valence-electron chi connectivity index (χ0n) is 10.6. The van der Waals surface area contributed by atoms with Gasteiger partial charge in [-0.1, -0.05) is 0 Å². The molecule has 0 atom stereocenters. The molecule has 102 valence electrons. The number of hydrogen-bond donors (Lipinski definition) is 2. The van der Waals surface area contributed by atoms with E-state index < -0.39 is 5.97 Å². The average molecular weight is 263 g/mol. The largest absolute Gasteiger partial charge is 0.481 e. The molecule has 6 heteroatoms. The van der Waals surface area contributed by atoms with Crippen LogP contribution in [0.3, 0.4) is 0 Å². The summed E-state index contributed by atoms with van der Waals surface area (Å²) < 4.78 is 0. The molecular formula is C13H17N3O3. The first kappa shape index (κ1) is 13.3. The Morgan fingerprint density at radius 2 is 2.05 bits per heavy atom. The molecule has 1 aromatic rings. The molecule has 1 aromatic heterocycles. The molecule has 19 heavy (non-hydrogen) atoms. The lowest BCUT2D eigenvalue weighted by Crippen LogP contribution is -2.22. The quantitative estimate of drug-likeness (QED) is 0.841. The van der Waals surface area contributed by atoms with Crippen LogP contribution in [0.15, 0.2) is 18.3 Å². The van der Waals surface area contributed by atoms with Gasteiger partial charge in [-0.2, -0.15) is 0 Å². The number of pyridine rings is 1. The van der Waals surface area contributed by atoms with Gasteiger partial charge < -0.3 is 15.3 Å². The molecule has 1 saturated heterocycles. The lowest BCUT2D eigenvalue weighted by Gasteiger charge is -2.19. The highest BCUT2D eigenvalue weighted by atomic mass is 16.4. The molecule has 2 heterocycles. The van der Waals surface area contributed by atoms with Gasteiger partial charge in [0, 0.05) is 25.7 Å². The van der Waals surface area contributed by atoms with Crippen molar-refractivity contribution in [3.05, 3.63) is 18.3 Å². The second kappa shape index (κ2) is 6.17. The monoisotopic (exact) mass is 263 g/mol. The molecule has 1 amide bonds. The topological polar surface area (TPSA) is 82.5 Å². The van der Waals surface area contributed by atoms with Gasteiger partial charge in [-0.25, -0.2) is 4.98 Å². The van der Waals surface area contributed by atoms with Crippen molar-refractivity contribution in [3.8, 4) is 0 Å². The highest BCUT2D eigenvalue weighted by molar-refractivity contribution is 5.94. The number of hydrogen-bond acceptors (Lipinski definition) is 4. The standard InChI is InChI=1S/C13H17N3O3/c17-11(5-6-12(18)19)15-10-4-3-7-14-13(10)16-8-1-2-9-16/h3-4,7H,1-2,5-6,8-9H2,(H,15,17)(H,18,19). The molecule has 1 aliphatic rings. The van der Waals surface area contributed by atoms with Crippen LogP contribution in [0.1, 0.15) is 25.7 Å². The van der Waals surface area contributed by atoms with E-state index in [1.54, 1.807) is 18.3 Å². The zero-order valence-corrected chi connectivity index (χ0v) is 10.6. The fraction of sp³-hybridized carbons (Fsp3) is 0.462. The number of carbonyl (C=O) groups excluding carboxylic acids is 1. The first-order valence-electron chi connectivity index (χ1n) is 6.38. The van der Waals surface area contributed by atoms with Crippen LogP contribution in [-0.4, -0.2) is 35.1 Å². The smallest absolute Gasteiger partial charge is 0.303 e. The summed E-state index contributed by atoms with van der Waals surface area (Å²) in [6.45, 7) is 1.88. The molecule has 0 aromatic carbocycles. The SMILES string of the molecule is O=C(O)CCC(=O)Nc1cccnc1N1CCCC1. The molecule has 1 fully saturated rings. The summed E-state index contributed by atoms with van der Waals surface area (Å²) in [5.41, 5.74) is 0.653. The predicted octanol–water partition coefficient (Wildman–Crippen LogP) is 1.49. The van der Waals surface area contributed by atoms with Gasteiger partial charge in [0.15, 0.2) is 5.82 Å². The van der Waals surface area contributed by atoms with E-state index in [0.717, 1.165) is 31.7 Å². The minimum absolute atomic E-state index is 0.0241. The van der Waals surface area contributed by atoms with Crippen LogP contribution in [0, 0.1) is 0 Å². The second-order valence-electron chi connectivity index (χ2n) is 4.51. The molecular weight excluding hydrogens is 246 g/mol. The van der Waals surface area contributed by atoms with Crippen molar-refractivity contribution in [2.24, 2.45) is 0 Å². The van der Waals surface area contributed by atoms with Gasteiger partial charge >= 0.3 is 5.97 Å². The van der Waals surface area contributed by atoms with Gasteiger partial charge in [-0.3, -0.25) is 9.59 Å². The Labute approximate surface area is 111 Å². The maximum absolute atomic E-state index is 11.7. The molecule has 0 aliphatic carbocycles. The summed E-state index contributed by atoms with van der Waals surface area (Å²) in [5, 5.41) is 11.3. The molecule has 0 unspecified atom stereocenters. The van der Waals surface area contributed by atoms with Gasteiger partial charge in [0.05, 0.1) is 12.1 Å². The van der Waals surface area contributed by atoms with Gasteiger partial charge in [0.2, 0.25) is 5.91 Å². The Kier molecular flexibility index (Phi) is 4.33. The Morgan fingerprint density at radius 3 is 2.74 bits per heavy atom. The van der Waals surface area contributed by atoms with Crippen LogP contribution in [0.2, 0.25) is 0 Å². The number of amides is 1. The number of aromatic nitrogens is 1. The molecule has 1 aliphatic heterocycles. The first-order chi connectivity index (χ1) is 9.16. The summed E-state index contributed by atoms with van der Waals surface area (Å²) in [6.07, 6.45) is 3.77. The van der Waals surface area contributed by atoms with Crippen molar-refractivity contribution < 1.29 is 14.7 Å². The Hall–Kier alpha value is -2.11. The number of carbonyl (C=O) groups is 2. The molecule has 2 N–H and O–H groups in total. The second-order valence-corrected chi connectivity index (χ2v) is 4.51. The highest BCUT2D eigenvalue weighted by Crippen LogP contribution is 2.26. The third kappa shape index (κ3) is 3.67. The van der Waals surface area contributed by atoms with Crippen LogP contribution in [0.25, 0.3) is 0 Å². The van der Waals surface area contributed by atoms with Crippen molar-refractivity contribution >= 4 is 23.4 Å². The molecule has 2 rings (SSSR count). The first-order valence-corrected chi connectivity index (χ1v) is 6.38. The third-order valence-electron chi connectivity index (χ3n) is 3.03. The van der Waals surface area contributed by atoms with Gasteiger partial charge in [-0.15, -0.1) is 0 Å². The number of aliphatic carboxylic acids is 1. The minimum atomic E-state index is -0.971. The van der Waals surface area contributed by atoms with Crippen LogP contribution in [0.5, 0.6) is 0 Å². The zero-order chi connectivity index (χ0) is 13.7. The number of carboxylic acid groups (broad SMARTS) is 1. The van der Waals surface area contributed by atoms with Crippen LogP contribution >= 0.6 is 0 Å².